The van der Waals surface area contributed by atoms with Gasteiger partial charge in [-0.05, 0) is 36.2 Å². The fraction of sp³-hybridized carbons (Fsp3) is 0.273. The van der Waals surface area contributed by atoms with E-state index in [2.05, 4.69) is 4.98 Å². The van der Waals surface area contributed by atoms with Crippen molar-refractivity contribution < 1.29 is 19.9 Å². The van der Waals surface area contributed by atoms with Crippen molar-refractivity contribution in [1.29, 1.82) is 0 Å². The van der Waals surface area contributed by atoms with Gasteiger partial charge in [0.1, 0.15) is 11.6 Å². The molecule has 1 aromatic heterocycles. The molecule has 0 amide bonds. The zero-order chi connectivity index (χ0) is 21.4. The van der Waals surface area contributed by atoms with Gasteiger partial charge in [-0.1, -0.05) is 18.2 Å². The first-order valence-corrected chi connectivity index (χ1v) is 9.68. The second-order valence-electron chi connectivity index (χ2n) is 7.28. The predicted molar refractivity (Wildman–Crippen MR) is 111 cm³/mol. The van der Waals surface area contributed by atoms with Crippen LogP contribution in [0.25, 0.3) is 5.69 Å². The number of aromatic amines is 1. The number of fused-ring (bicyclic) bond motifs is 1. The van der Waals surface area contributed by atoms with Crippen LogP contribution in [0.2, 0.25) is 0 Å². The second kappa shape index (κ2) is 7.72. The van der Waals surface area contributed by atoms with Gasteiger partial charge >= 0.3 is 5.69 Å². The molecular formula is C22H24N3O5+. The van der Waals surface area contributed by atoms with Crippen molar-refractivity contribution in [2.75, 3.05) is 20.8 Å². The largest absolute Gasteiger partial charge is 0.494 e. The number of benzene rings is 2. The van der Waals surface area contributed by atoms with Gasteiger partial charge in [-0.15, -0.1) is 0 Å². The van der Waals surface area contributed by atoms with Gasteiger partial charge in [0.2, 0.25) is 5.88 Å². The van der Waals surface area contributed by atoms with Gasteiger partial charge in [0.25, 0.3) is 5.56 Å². The van der Waals surface area contributed by atoms with Gasteiger partial charge in [-0.2, -0.15) is 0 Å². The number of quaternary nitrogens is 1. The van der Waals surface area contributed by atoms with Gasteiger partial charge in [0.15, 0.2) is 11.5 Å². The molecule has 0 unspecified atom stereocenters. The molecule has 4 N–H and O–H groups in total. The number of H-pyrrole nitrogens is 1. The molecule has 156 valence electrons. The number of hydrogen-bond acceptors (Lipinski definition) is 5. The van der Waals surface area contributed by atoms with E-state index in [0.29, 0.717) is 17.2 Å². The standard InChI is InChI=1S/C22H23N3O5/c1-12-6-4-5-7-15(12)25-21(27)18(20(26)24-22(25)28)19-14-11-17(30-3)16(29-2)10-13(14)8-9-23-19/h4-7,10-11,19,23,27H,8-9H2,1-3H3,(H,24,26,28)/p+1/t19-/m1/s1. The minimum absolute atomic E-state index is 0.131. The van der Waals surface area contributed by atoms with E-state index in [1.807, 2.05) is 36.5 Å². The summed E-state index contributed by atoms with van der Waals surface area (Å²) in [6.07, 6.45) is 0.780. The average molecular weight is 410 g/mol. The van der Waals surface area contributed by atoms with Crippen LogP contribution in [0.3, 0.4) is 0 Å². The molecule has 1 atom stereocenters. The summed E-state index contributed by atoms with van der Waals surface area (Å²) in [5.74, 6) is 0.793. The van der Waals surface area contributed by atoms with E-state index in [-0.39, 0.29) is 11.4 Å². The number of ether oxygens (including phenoxy) is 2. The Morgan fingerprint density at radius 1 is 1.13 bits per heavy atom. The van der Waals surface area contributed by atoms with Gasteiger partial charge in [0, 0.05) is 12.0 Å². The summed E-state index contributed by atoms with van der Waals surface area (Å²) in [6.45, 7) is 2.56. The molecular weight excluding hydrogens is 386 g/mol. The third-order valence-corrected chi connectivity index (χ3v) is 5.58. The van der Waals surface area contributed by atoms with Crippen LogP contribution in [-0.4, -0.2) is 35.4 Å². The number of nitrogens with zero attached hydrogens (tertiary/aromatic N) is 1. The van der Waals surface area contributed by atoms with Crippen molar-refractivity contribution in [2.24, 2.45) is 0 Å². The number of para-hydroxylation sites is 1. The van der Waals surface area contributed by atoms with Crippen molar-refractivity contribution in [3.05, 3.63) is 79.5 Å². The summed E-state index contributed by atoms with van der Waals surface area (Å²) < 4.78 is 12.0. The van der Waals surface area contributed by atoms with Gasteiger partial charge < -0.3 is 19.9 Å². The maximum absolute atomic E-state index is 12.8. The molecule has 2 aromatic carbocycles. The Balaban J connectivity index is 1.96. The summed E-state index contributed by atoms with van der Waals surface area (Å²) in [5.41, 5.74) is 2.01. The van der Waals surface area contributed by atoms with Crippen LogP contribution in [0.15, 0.2) is 46.0 Å². The maximum Gasteiger partial charge on any atom is 0.335 e. The number of nitrogens with one attached hydrogen (secondary N) is 1. The topological polar surface area (TPSA) is 110 Å². The van der Waals surface area contributed by atoms with E-state index >= 15 is 0 Å². The van der Waals surface area contributed by atoms with Crippen LogP contribution in [0.5, 0.6) is 17.4 Å². The minimum atomic E-state index is -0.682. The van der Waals surface area contributed by atoms with Crippen molar-refractivity contribution in [3.63, 3.8) is 0 Å². The zero-order valence-corrected chi connectivity index (χ0v) is 17.1. The highest BCUT2D eigenvalue weighted by Gasteiger charge is 2.33. The van der Waals surface area contributed by atoms with E-state index in [0.717, 1.165) is 34.2 Å². The fourth-order valence-electron chi connectivity index (χ4n) is 4.11. The number of methoxy groups -OCH3 is 2. The molecule has 0 spiro atoms. The normalized spacial score (nSPS) is 15.5. The maximum atomic E-state index is 12.8. The summed E-state index contributed by atoms with van der Waals surface area (Å²) in [4.78, 5) is 27.8. The van der Waals surface area contributed by atoms with Gasteiger partial charge in [-0.25, -0.2) is 9.36 Å². The number of rotatable bonds is 4. The summed E-state index contributed by atoms with van der Waals surface area (Å²) in [5, 5.41) is 13.1. The van der Waals surface area contributed by atoms with Gasteiger partial charge in [0.05, 0.1) is 26.5 Å². The molecule has 3 aromatic rings. The lowest BCUT2D eigenvalue weighted by atomic mass is 9.90. The molecule has 8 heteroatoms. The highest BCUT2D eigenvalue weighted by atomic mass is 16.5. The van der Waals surface area contributed by atoms with Crippen molar-refractivity contribution in [1.82, 2.24) is 9.55 Å². The van der Waals surface area contributed by atoms with Crippen LogP contribution in [0, 0.1) is 6.92 Å². The third kappa shape index (κ3) is 3.15. The molecule has 1 aliphatic rings. The Hall–Kier alpha value is -3.52. The Bertz CT molecular complexity index is 1230. The van der Waals surface area contributed by atoms with Crippen LogP contribution in [-0.2, 0) is 6.42 Å². The van der Waals surface area contributed by atoms with E-state index in [4.69, 9.17) is 9.47 Å². The first kappa shape index (κ1) is 19.8. The van der Waals surface area contributed by atoms with Crippen molar-refractivity contribution in [3.8, 4) is 23.1 Å². The van der Waals surface area contributed by atoms with Crippen molar-refractivity contribution in [2.45, 2.75) is 19.4 Å². The SMILES string of the molecule is COc1cc2c(cc1OC)[C@H](c1c(O)n(-c3ccccc3C)c(=O)[nH]c1=O)[NH2+]CC2. The molecule has 1 aliphatic heterocycles. The van der Waals surface area contributed by atoms with Crippen molar-refractivity contribution >= 4 is 0 Å². The summed E-state index contributed by atoms with van der Waals surface area (Å²) in [6, 6.07) is 10.4. The molecule has 4 rings (SSSR count). The Morgan fingerprint density at radius 3 is 2.53 bits per heavy atom. The van der Waals surface area contributed by atoms with Crippen LogP contribution in [0.1, 0.15) is 28.3 Å². The molecule has 0 saturated heterocycles. The monoisotopic (exact) mass is 410 g/mol. The second-order valence-corrected chi connectivity index (χ2v) is 7.28. The Morgan fingerprint density at radius 2 is 1.83 bits per heavy atom. The van der Waals surface area contributed by atoms with E-state index in [9.17, 15) is 14.7 Å². The molecule has 0 aliphatic carbocycles. The number of aryl methyl sites for hydroxylation is 1. The van der Waals surface area contributed by atoms with Crippen LogP contribution < -0.4 is 26.0 Å². The van der Waals surface area contributed by atoms with Crippen LogP contribution in [0.4, 0.5) is 0 Å². The number of aromatic nitrogens is 2. The fourth-order valence-corrected chi connectivity index (χ4v) is 4.11. The third-order valence-electron chi connectivity index (χ3n) is 5.58. The Labute approximate surface area is 172 Å². The smallest absolute Gasteiger partial charge is 0.335 e. The predicted octanol–water partition coefficient (Wildman–Crippen LogP) is 0.766. The van der Waals surface area contributed by atoms with E-state index in [1.54, 1.807) is 26.4 Å². The van der Waals surface area contributed by atoms with E-state index < -0.39 is 17.3 Å². The lowest BCUT2D eigenvalue weighted by molar-refractivity contribution is -0.690. The Kier molecular flexibility index (Phi) is 5.09. The number of aromatic hydroxyl groups is 1. The highest BCUT2D eigenvalue weighted by Crippen LogP contribution is 2.36. The molecule has 30 heavy (non-hydrogen) atoms. The first-order chi connectivity index (χ1) is 14.5. The summed E-state index contributed by atoms with van der Waals surface area (Å²) in [7, 11) is 3.12. The number of nitrogens with two attached hydrogens (primary N) is 1. The first-order valence-electron chi connectivity index (χ1n) is 9.68. The molecule has 0 radical (unpaired) electrons. The minimum Gasteiger partial charge on any atom is -0.494 e. The average Bonchev–Trinajstić information content (AvgIpc) is 2.73. The van der Waals surface area contributed by atoms with E-state index in [1.165, 1.54) is 0 Å². The molecule has 8 nitrogen and oxygen atoms in total. The number of hydrogen-bond donors (Lipinski definition) is 3. The van der Waals surface area contributed by atoms with Crippen LogP contribution >= 0.6 is 0 Å². The molecule has 0 saturated carbocycles. The van der Waals surface area contributed by atoms with Gasteiger partial charge in [-0.3, -0.25) is 9.78 Å². The molecule has 0 bridgehead atoms. The highest BCUT2D eigenvalue weighted by molar-refractivity contribution is 5.52. The zero-order valence-electron chi connectivity index (χ0n) is 17.1. The quantitative estimate of drug-likeness (QED) is 0.588. The summed E-state index contributed by atoms with van der Waals surface area (Å²) >= 11 is 0. The lowest BCUT2D eigenvalue weighted by Gasteiger charge is -2.26. The molecule has 2 heterocycles. The lowest BCUT2D eigenvalue weighted by Crippen LogP contribution is -2.87. The molecule has 0 fully saturated rings.